The highest BCUT2D eigenvalue weighted by molar-refractivity contribution is 5.57. The lowest BCUT2D eigenvalue weighted by atomic mass is 9.81. The number of ether oxygens (including phenoxy) is 1. The van der Waals surface area contributed by atoms with Crippen LogP contribution in [0.1, 0.15) is 71.9 Å². The van der Waals surface area contributed by atoms with Gasteiger partial charge in [0.1, 0.15) is 12.4 Å². The third-order valence-corrected chi connectivity index (χ3v) is 6.80. The molecule has 0 bridgehead atoms. The van der Waals surface area contributed by atoms with Gasteiger partial charge in [0.15, 0.2) is 6.29 Å². The molecule has 4 aromatic rings. The molecule has 0 amide bonds. The number of hydrogen-bond donors (Lipinski definition) is 0. The highest BCUT2D eigenvalue weighted by Crippen LogP contribution is 2.42. The zero-order valence-corrected chi connectivity index (χ0v) is 20.1. The molecule has 0 spiro atoms. The Morgan fingerprint density at radius 3 is 1.35 bits per heavy atom. The normalized spacial score (nSPS) is 13.6. The van der Waals surface area contributed by atoms with Crippen LogP contribution >= 0.6 is 0 Å². The highest BCUT2D eigenvalue weighted by atomic mass is 16.5. The molecule has 3 unspecified atom stereocenters. The van der Waals surface area contributed by atoms with Gasteiger partial charge in [0.25, 0.3) is 0 Å². The molecular weight excluding hydrogens is 416 g/mol. The van der Waals surface area contributed by atoms with E-state index < -0.39 is 0 Å². The van der Waals surface area contributed by atoms with E-state index in [0.717, 1.165) is 23.2 Å². The van der Waals surface area contributed by atoms with Crippen LogP contribution in [0.25, 0.3) is 0 Å². The summed E-state index contributed by atoms with van der Waals surface area (Å²) >= 11 is 0. The quantitative estimate of drug-likeness (QED) is 0.245. The lowest BCUT2D eigenvalue weighted by Crippen LogP contribution is -2.11. The average molecular weight is 449 g/mol. The van der Waals surface area contributed by atoms with E-state index in [1.54, 1.807) is 0 Å². The van der Waals surface area contributed by atoms with E-state index in [4.69, 9.17) is 4.74 Å². The maximum atomic E-state index is 11.3. The summed E-state index contributed by atoms with van der Waals surface area (Å²) in [5.74, 6) is 1.29. The molecule has 3 atom stereocenters. The monoisotopic (exact) mass is 448 g/mol. The van der Waals surface area contributed by atoms with E-state index >= 15 is 0 Å². The zero-order valence-electron chi connectivity index (χ0n) is 20.1. The minimum Gasteiger partial charge on any atom is -0.486 e. The molecule has 0 saturated carbocycles. The molecule has 2 heteroatoms. The molecule has 0 aromatic heterocycles. The minimum absolute atomic E-state index is 0.0383. The average Bonchev–Trinajstić information content (AvgIpc) is 2.91. The Hall–Kier alpha value is -3.65. The second-order valence-electron chi connectivity index (χ2n) is 8.90. The maximum Gasteiger partial charge on any atom is 0.157 e. The Kier molecular flexibility index (Phi) is 7.59. The number of carbonyl (C=O) groups excluding carboxylic acids is 1. The first-order valence-corrected chi connectivity index (χ1v) is 12.0. The molecule has 0 saturated heterocycles. The van der Waals surface area contributed by atoms with Crippen molar-refractivity contribution in [2.45, 2.75) is 38.5 Å². The van der Waals surface area contributed by atoms with Gasteiger partial charge in [-0.1, -0.05) is 124 Å². The predicted molar refractivity (Wildman–Crippen MR) is 140 cm³/mol. The first-order chi connectivity index (χ1) is 16.6. The summed E-state index contributed by atoms with van der Waals surface area (Å²) in [4.78, 5) is 11.3. The predicted octanol–water partition coefficient (Wildman–Crippen LogP) is 7.72. The molecule has 0 aliphatic heterocycles. The molecule has 4 rings (SSSR count). The topological polar surface area (TPSA) is 26.3 Å². The van der Waals surface area contributed by atoms with E-state index in [1.807, 2.05) is 12.1 Å². The van der Waals surface area contributed by atoms with Gasteiger partial charge in [0.05, 0.1) is 0 Å². The SMILES string of the molecule is CC(c1ccccc1)c1cc(C(C)c2ccccc2)c(OCC=O)c(C(C)c2ccccc2)c1. The van der Waals surface area contributed by atoms with Crippen LogP contribution in [-0.2, 0) is 4.79 Å². The van der Waals surface area contributed by atoms with Crippen LogP contribution in [0.15, 0.2) is 103 Å². The molecule has 2 nitrogen and oxygen atoms in total. The molecule has 172 valence electrons. The number of aldehydes is 1. The van der Waals surface area contributed by atoms with Crippen LogP contribution in [0.4, 0.5) is 0 Å². The Morgan fingerprint density at radius 2 is 0.971 bits per heavy atom. The van der Waals surface area contributed by atoms with Crippen molar-refractivity contribution in [1.29, 1.82) is 0 Å². The molecule has 34 heavy (non-hydrogen) atoms. The lowest BCUT2D eigenvalue weighted by Gasteiger charge is -2.26. The van der Waals surface area contributed by atoms with Crippen molar-refractivity contribution >= 4 is 6.29 Å². The summed E-state index contributed by atoms with van der Waals surface area (Å²) in [6.07, 6.45) is 0.828. The van der Waals surface area contributed by atoms with Gasteiger partial charge in [0.2, 0.25) is 0 Å². The zero-order chi connectivity index (χ0) is 23.9. The molecule has 0 N–H and O–H groups in total. The smallest absolute Gasteiger partial charge is 0.157 e. The third-order valence-electron chi connectivity index (χ3n) is 6.80. The Bertz CT molecular complexity index is 1130. The van der Waals surface area contributed by atoms with Crippen molar-refractivity contribution in [2.24, 2.45) is 0 Å². The van der Waals surface area contributed by atoms with E-state index in [9.17, 15) is 4.79 Å². The van der Waals surface area contributed by atoms with Gasteiger partial charge >= 0.3 is 0 Å². The van der Waals surface area contributed by atoms with Gasteiger partial charge in [-0.2, -0.15) is 0 Å². The molecule has 0 fully saturated rings. The summed E-state index contributed by atoms with van der Waals surface area (Å²) in [5.41, 5.74) is 7.21. The summed E-state index contributed by atoms with van der Waals surface area (Å²) in [5, 5.41) is 0. The van der Waals surface area contributed by atoms with Crippen LogP contribution in [0, 0.1) is 0 Å². The van der Waals surface area contributed by atoms with Crippen molar-refractivity contribution < 1.29 is 9.53 Å². The summed E-state index contributed by atoms with van der Waals surface area (Å²) in [7, 11) is 0. The van der Waals surface area contributed by atoms with Gasteiger partial charge in [-0.25, -0.2) is 0 Å². The maximum absolute atomic E-state index is 11.3. The third kappa shape index (κ3) is 5.12. The van der Waals surface area contributed by atoms with Crippen molar-refractivity contribution in [3.05, 3.63) is 137 Å². The van der Waals surface area contributed by atoms with E-state index in [1.165, 1.54) is 22.3 Å². The van der Waals surface area contributed by atoms with Crippen LogP contribution in [0.2, 0.25) is 0 Å². The Morgan fingerprint density at radius 1 is 0.588 bits per heavy atom. The molecular formula is C32H32O2. The summed E-state index contributed by atoms with van der Waals surface area (Å²) < 4.78 is 6.18. The first kappa shape index (κ1) is 23.5. The highest BCUT2D eigenvalue weighted by Gasteiger charge is 2.24. The molecule has 4 aromatic carbocycles. The fourth-order valence-electron chi connectivity index (χ4n) is 4.65. The van der Waals surface area contributed by atoms with Gasteiger partial charge in [-0.3, -0.25) is 4.79 Å². The van der Waals surface area contributed by atoms with E-state index in [2.05, 4.69) is 112 Å². The van der Waals surface area contributed by atoms with Crippen LogP contribution in [-0.4, -0.2) is 12.9 Å². The van der Waals surface area contributed by atoms with Gasteiger partial charge in [-0.05, 0) is 22.3 Å². The fraction of sp³-hybridized carbons (Fsp3) is 0.219. The van der Waals surface area contributed by atoms with E-state index in [0.29, 0.717) is 0 Å². The molecule has 0 heterocycles. The van der Waals surface area contributed by atoms with Gasteiger partial charge in [0, 0.05) is 28.9 Å². The number of rotatable bonds is 9. The largest absolute Gasteiger partial charge is 0.486 e. The molecule has 0 radical (unpaired) electrons. The standard InChI is InChI=1S/C32H32O2/c1-23(26-13-7-4-8-14-26)29-21-30(24(2)27-15-9-5-10-16-27)32(34-20-19-33)31(22-29)25(3)28-17-11-6-12-18-28/h4-19,21-25H,20H2,1-3H3. The van der Waals surface area contributed by atoms with Crippen LogP contribution in [0.5, 0.6) is 5.75 Å². The Labute approximate surface area is 203 Å². The second-order valence-corrected chi connectivity index (χ2v) is 8.90. The van der Waals surface area contributed by atoms with Crippen LogP contribution < -0.4 is 4.74 Å². The summed E-state index contributed by atoms with van der Waals surface area (Å²) in [6.45, 7) is 6.72. The lowest BCUT2D eigenvalue weighted by molar-refractivity contribution is -0.109. The number of hydrogen-bond acceptors (Lipinski definition) is 2. The van der Waals surface area contributed by atoms with Gasteiger partial charge in [-0.15, -0.1) is 0 Å². The van der Waals surface area contributed by atoms with Crippen molar-refractivity contribution in [3.8, 4) is 5.75 Å². The second kappa shape index (κ2) is 11.0. The number of benzene rings is 4. The summed E-state index contributed by atoms with van der Waals surface area (Å²) in [6, 6.07) is 36.1. The molecule has 0 aliphatic carbocycles. The first-order valence-electron chi connectivity index (χ1n) is 12.0. The van der Waals surface area contributed by atoms with Gasteiger partial charge < -0.3 is 4.74 Å². The number of carbonyl (C=O) groups is 1. The Balaban J connectivity index is 1.92. The van der Waals surface area contributed by atoms with Crippen molar-refractivity contribution in [3.63, 3.8) is 0 Å². The van der Waals surface area contributed by atoms with Crippen molar-refractivity contribution in [2.75, 3.05) is 6.61 Å². The van der Waals surface area contributed by atoms with E-state index in [-0.39, 0.29) is 24.4 Å². The van der Waals surface area contributed by atoms with Crippen molar-refractivity contribution in [1.82, 2.24) is 0 Å². The fourth-order valence-corrected chi connectivity index (χ4v) is 4.65. The molecule has 0 aliphatic rings. The van der Waals surface area contributed by atoms with Crippen LogP contribution in [0.3, 0.4) is 0 Å². The minimum atomic E-state index is 0.0383.